The van der Waals surface area contributed by atoms with E-state index in [4.69, 9.17) is 4.99 Å². The Kier molecular flexibility index (Phi) is 5.09. The van der Waals surface area contributed by atoms with Crippen LogP contribution in [0.15, 0.2) is 47.2 Å². The molecule has 1 aromatic carbocycles. The molecule has 0 bridgehead atoms. The van der Waals surface area contributed by atoms with E-state index >= 15 is 0 Å². The van der Waals surface area contributed by atoms with Crippen molar-refractivity contribution in [2.45, 2.75) is 53.0 Å². The zero-order valence-electron chi connectivity index (χ0n) is 18.0. The topological polar surface area (TPSA) is 30.9 Å². The lowest BCUT2D eigenvalue weighted by Crippen LogP contribution is -2.59. The molecule has 0 saturated carbocycles. The Morgan fingerprint density at radius 3 is 2.86 bits per heavy atom. The van der Waals surface area contributed by atoms with Crippen LogP contribution in [0.5, 0.6) is 0 Å². The van der Waals surface area contributed by atoms with E-state index in [9.17, 15) is 0 Å². The van der Waals surface area contributed by atoms with E-state index in [0.29, 0.717) is 11.8 Å². The summed E-state index contributed by atoms with van der Waals surface area (Å²) in [5.74, 6) is 2.34. The molecule has 2 unspecified atom stereocenters. The molecule has 0 radical (unpaired) electrons. The van der Waals surface area contributed by atoms with Crippen molar-refractivity contribution in [3.63, 3.8) is 0 Å². The van der Waals surface area contributed by atoms with Gasteiger partial charge < -0.3 is 15.1 Å². The Bertz CT molecular complexity index is 833. The monoisotopic (exact) mass is 378 g/mol. The lowest BCUT2D eigenvalue weighted by atomic mass is 9.86. The van der Waals surface area contributed by atoms with Gasteiger partial charge in [-0.3, -0.25) is 0 Å². The van der Waals surface area contributed by atoms with Crippen LogP contribution in [0.1, 0.15) is 46.1 Å². The number of nitrogens with zero attached hydrogens (tertiary/aromatic N) is 3. The number of rotatable bonds is 1. The van der Waals surface area contributed by atoms with Gasteiger partial charge in [-0.05, 0) is 63.1 Å². The first-order valence-corrected chi connectivity index (χ1v) is 10.8. The van der Waals surface area contributed by atoms with E-state index in [1.165, 1.54) is 16.9 Å². The van der Waals surface area contributed by atoms with Crippen LogP contribution >= 0.6 is 0 Å². The van der Waals surface area contributed by atoms with E-state index in [1.54, 1.807) is 0 Å². The van der Waals surface area contributed by atoms with Crippen molar-refractivity contribution in [1.82, 2.24) is 10.2 Å². The number of hydrogen-bond donors (Lipinski definition) is 1. The summed E-state index contributed by atoms with van der Waals surface area (Å²) in [5.41, 5.74) is 4.89. The smallest absolute Gasteiger partial charge is 0.153 e. The predicted molar refractivity (Wildman–Crippen MR) is 119 cm³/mol. The lowest BCUT2D eigenvalue weighted by Gasteiger charge is -2.44. The molecule has 4 heteroatoms. The van der Waals surface area contributed by atoms with Gasteiger partial charge in [0.25, 0.3) is 0 Å². The second-order valence-corrected chi connectivity index (χ2v) is 9.25. The number of nitrogens with one attached hydrogen (secondary N) is 1. The minimum atomic E-state index is 0.0919. The van der Waals surface area contributed by atoms with Gasteiger partial charge in [-0.25, -0.2) is 4.99 Å². The summed E-state index contributed by atoms with van der Waals surface area (Å²) in [6.07, 6.45) is 9.39. The first-order valence-electron chi connectivity index (χ1n) is 10.8. The van der Waals surface area contributed by atoms with Crippen LogP contribution in [0.4, 0.5) is 11.4 Å². The van der Waals surface area contributed by atoms with E-state index in [1.807, 2.05) is 0 Å². The number of amidine groups is 1. The molecular formula is C24H34N4. The van der Waals surface area contributed by atoms with Gasteiger partial charge in [-0.15, -0.1) is 0 Å². The van der Waals surface area contributed by atoms with Gasteiger partial charge >= 0.3 is 0 Å². The van der Waals surface area contributed by atoms with Crippen molar-refractivity contribution in [1.29, 1.82) is 0 Å². The molecule has 2 atom stereocenters. The zero-order chi connectivity index (χ0) is 19.9. The molecule has 3 heterocycles. The molecule has 0 aromatic heterocycles. The molecule has 150 valence electrons. The quantitative estimate of drug-likeness (QED) is 0.747. The van der Waals surface area contributed by atoms with E-state index in [0.717, 1.165) is 44.0 Å². The summed E-state index contributed by atoms with van der Waals surface area (Å²) in [4.78, 5) is 10.1. The van der Waals surface area contributed by atoms with Gasteiger partial charge in [-0.1, -0.05) is 32.1 Å². The first kappa shape index (κ1) is 19.3. The minimum absolute atomic E-state index is 0.0919. The highest BCUT2D eigenvalue weighted by Crippen LogP contribution is 2.40. The average molecular weight is 379 g/mol. The third-order valence-electron chi connectivity index (χ3n) is 6.31. The van der Waals surface area contributed by atoms with Crippen molar-refractivity contribution < 1.29 is 0 Å². The van der Waals surface area contributed by atoms with Gasteiger partial charge in [0.15, 0.2) is 5.84 Å². The molecule has 1 N–H and O–H groups in total. The summed E-state index contributed by atoms with van der Waals surface area (Å²) in [6, 6.07) is 6.60. The molecule has 0 aliphatic carbocycles. The molecule has 1 saturated heterocycles. The molecule has 0 spiro atoms. The second kappa shape index (κ2) is 7.40. The van der Waals surface area contributed by atoms with Gasteiger partial charge in [-0.2, -0.15) is 0 Å². The number of anilines is 1. The van der Waals surface area contributed by atoms with Crippen LogP contribution in [-0.4, -0.2) is 35.9 Å². The van der Waals surface area contributed by atoms with Crippen LogP contribution in [0.25, 0.3) is 0 Å². The molecule has 0 amide bonds. The van der Waals surface area contributed by atoms with E-state index in [2.05, 4.69) is 86.3 Å². The Balaban J connectivity index is 1.85. The maximum atomic E-state index is 5.20. The lowest BCUT2D eigenvalue weighted by molar-refractivity contribution is 0.225. The van der Waals surface area contributed by atoms with Crippen molar-refractivity contribution in [2.75, 3.05) is 24.5 Å². The number of piperazine rings is 1. The van der Waals surface area contributed by atoms with Crippen LogP contribution in [0.3, 0.4) is 0 Å². The fourth-order valence-corrected chi connectivity index (χ4v) is 4.64. The van der Waals surface area contributed by atoms with Gasteiger partial charge in [0.1, 0.15) is 0 Å². The number of benzene rings is 1. The van der Waals surface area contributed by atoms with E-state index in [-0.39, 0.29) is 5.54 Å². The number of allylic oxidation sites excluding steroid dienone is 2. The molecule has 28 heavy (non-hydrogen) atoms. The third-order valence-corrected chi connectivity index (χ3v) is 6.31. The van der Waals surface area contributed by atoms with Crippen LogP contribution in [-0.2, 0) is 0 Å². The maximum Gasteiger partial charge on any atom is 0.153 e. The number of hydrogen-bond acceptors (Lipinski definition) is 4. The molecule has 4 nitrogen and oxygen atoms in total. The van der Waals surface area contributed by atoms with Gasteiger partial charge in [0.05, 0.1) is 17.1 Å². The molecular weight excluding hydrogens is 344 g/mol. The Labute approximate surface area is 170 Å². The zero-order valence-corrected chi connectivity index (χ0v) is 18.0. The maximum absolute atomic E-state index is 5.20. The highest BCUT2D eigenvalue weighted by molar-refractivity contribution is 6.07. The van der Waals surface area contributed by atoms with Gasteiger partial charge in [0, 0.05) is 31.4 Å². The summed E-state index contributed by atoms with van der Waals surface area (Å²) in [5, 5.41) is 3.63. The Morgan fingerprint density at radius 2 is 2.11 bits per heavy atom. The summed E-state index contributed by atoms with van der Waals surface area (Å²) < 4.78 is 0. The Morgan fingerprint density at radius 1 is 1.29 bits per heavy atom. The SMILES string of the molecule is CCC1C=C2C(N3CCNC(C)(C)C3)=Nc3ccc(C)cc3N2C=CCC1C. The molecule has 1 aromatic rings. The van der Waals surface area contributed by atoms with Crippen LogP contribution in [0.2, 0.25) is 0 Å². The summed E-state index contributed by atoms with van der Waals surface area (Å²) in [6.45, 7) is 14.3. The van der Waals surface area contributed by atoms with Crippen LogP contribution in [0, 0.1) is 18.8 Å². The van der Waals surface area contributed by atoms with Gasteiger partial charge in [0.2, 0.25) is 0 Å². The summed E-state index contributed by atoms with van der Waals surface area (Å²) >= 11 is 0. The fourth-order valence-electron chi connectivity index (χ4n) is 4.64. The highest BCUT2D eigenvalue weighted by Gasteiger charge is 2.34. The standard InChI is InChI=1S/C24H34N4/c1-6-19-15-22-23(27-13-11-25-24(4,5)16-27)26-20-10-9-17(2)14-21(20)28(22)12-7-8-18(19)3/h7,9-10,12,14-15,18-19,25H,6,8,11,13,16H2,1-5H3. The van der Waals surface area contributed by atoms with Crippen molar-refractivity contribution >= 4 is 17.2 Å². The summed E-state index contributed by atoms with van der Waals surface area (Å²) in [7, 11) is 0. The third kappa shape index (κ3) is 3.62. The normalized spacial score (nSPS) is 26.6. The second-order valence-electron chi connectivity index (χ2n) is 9.25. The predicted octanol–water partition coefficient (Wildman–Crippen LogP) is 4.99. The van der Waals surface area contributed by atoms with Crippen molar-refractivity contribution in [2.24, 2.45) is 16.8 Å². The molecule has 3 aliphatic rings. The van der Waals surface area contributed by atoms with Crippen molar-refractivity contribution in [3.05, 3.63) is 47.8 Å². The molecule has 1 fully saturated rings. The number of fused-ring (bicyclic) bond motifs is 3. The molecule has 4 rings (SSSR count). The highest BCUT2D eigenvalue weighted by atomic mass is 15.3. The largest absolute Gasteiger partial charge is 0.352 e. The first-order chi connectivity index (χ1) is 13.4. The number of aliphatic imine (C=N–C) groups is 1. The average Bonchev–Trinajstić information content (AvgIpc) is 2.64. The van der Waals surface area contributed by atoms with Crippen molar-refractivity contribution in [3.8, 4) is 0 Å². The van der Waals surface area contributed by atoms with E-state index < -0.39 is 0 Å². The molecule has 3 aliphatic heterocycles. The van der Waals surface area contributed by atoms with Crippen LogP contribution < -0.4 is 10.2 Å². The Hall–Kier alpha value is -2.07. The fraction of sp³-hybridized carbons (Fsp3) is 0.542. The number of aryl methyl sites for hydroxylation is 1. The minimum Gasteiger partial charge on any atom is -0.352 e.